The fourth-order valence-corrected chi connectivity index (χ4v) is 5.21. The van der Waals surface area contributed by atoms with Crippen LogP contribution in [-0.4, -0.2) is 42.1 Å². The number of hydrogen-bond donors (Lipinski definition) is 2. The van der Waals surface area contributed by atoms with Crippen LogP contribution in [0, 0.1) is 0 Å². The zero-order valence-corrected chi connectivity index (χ0v) is 27.8. The van der Waals surface area contributed by atoms with E-state index in [1.807, 2.05) is 41.5 Å². The van der Waals surface area contributed by atoms with E-state index >= 15 is 0 Å². The number of hydrogen-bond acceptors (Lipinski definition) is 5. The molecule has 1 rings (SSSR count). The first-order valence-corrected chi connectivity index (χ1v) is 16.7. The topological polar surface area (TPSA) is 76.0 Å². The molecule has 0 fully saturated rings. The molecule has 1 aromatic rings. The third kappa shape index (κ3) is 16.0. The van der Waals surface area contributed by atoms with Gasteiger partial charge < -0.3 is 19.7 Å². The number of aliphatic hydroxyl groups excluding tert-OH is 1. The molecule has 0 aliphatic heterocycles. The lowest BCUT2D eigenvalue weighted by molar-refractivity contribution is -0.0243. The van der Waals surface area contributed by atoms with Gasteiger partial charge in [-0.1, -0.05) is 145 Å². The van der Waals surface area contributed by atoms with Crippen molar-refractivity contribution in [2.45, 2.75) is 168 Å². The second-order valence-corrected chi connectivity index (χ2v) is 14.0. The molecule has 0 radical (unpaired) electrons. The van der Waals surface area contributed by atoms with Gasteiger partial charge >= 0.3 is 5.97 Å². The van der Waals surface area contributed by atoms with Crippen molar-refractivity contribution < 1.29 is 24.5 Å². The zero-order valence-electron chi connectivity index (χ0n) is 27.8. The van der Waals surface area contributed by atoms with Crippen LogP contribution in [0.1, 0.15) is 173 Å². The summed E-state index contributed by atoms with van der Waals surface area (Å²) in [5.74, 6) is -0.284. The van der Waals surface area contributed by atoms with Crippen molar-refractivity contribution >= 4 is 5.97 Å². The molecule has 1 atom stereocenters. The molecule has 238 valence electrons. The average Bonchev–Trinajstić information content (AvgIpc) is 2.90. The minimum absolute atomic E-state index is 0.178. The van der Waals surface area contributed by atoms with Gasteiger partial charge in [0, 0.05) is 17.7 Å². The van der Waals surface area contributed by atoms with Crippen LogP contribution in [0.5, 0.6) is 5.75 Å². The number of aromatic hydroxyl groups is 1. The summed E-state index contributed by atoms with van der Waals surface area (Å²) in [6.45, 7) is 14.8. The first-order chi connectivity index (χ1) is 19.4. The predicted octanol–water partition coefficient (Wildman–Crippen LogP) is 9.78. The maximum Gasteiger partial charge on any atom is 0.338 e. The molecule has 0 amide bonds. The summed E-state index contributed by atoms with van der Waals surface area (Å²) in [5, 5.41) is 20.7. The minimum atomic E-state index is -0.714. The van der Waals surface area contributed by atoms with Gasteiger partial charge in [-0.05, 0) is 29.4 Å². The van der Waals surface area contributed by atoms with Gasteiger partial charge in [-0.15, -0.1) is 0 Å². The normalized spacial score (nSPS) is 13.0. The van der Waals surface area contributed by atoms with Crippen molar-refractivity contribution in [2.24, 2.45) is 0 Å². The number of unbranched alkanes of at least 4 members (excludes halogenated alkanes) is 15. The van der Waals surface area contributed by atoms with Crippen molar-refractivity contribution in [2.75, 3.05) is 19.8 Å². The number of rotatable bonds is 22. The summed E-state index contributed by atoms with van der Waals surface area (Å²) in [5.41, 5.74) is 1.11. The molecule has 0 saturated heterocycles. The van der Waals surface area contributed by atoms with Crippen LogP contribution in [0.3, 0.4) is 0 Å². The van der Waals surface area contributed by atoms with Gasteiger partial charge in [0.2, 0.25) is 0 Å². The number of phenols is 1. The summed E-state index contributed by atoms with van der Waals surface area (Å²) in [4.78, 5) is 13.0. The van der Waals surface area contributed by atoms with E-state index in [0.29, 0.717) is 23.3 Å². The molecule has 5 heteroatoms. The molecule has 0 aliphatic carbocycles. The monoisotopic (exact) mass is 576 g/mol. The second kappa shape index (κ2) is 20.3. The maximum atomic E-state index is 13.0. The third-order valence-corrected chi connectivity index (χ3v) is 7.88. The number of aliphatic hydroxyl groups is 1. The van der Waals surface area contributed by atoms with Gasteiger partial charge in [0.15, 0.2) is 0 Å². The molecule has 5 nitrogen and oxygen atoms in total. The molecule has 0 aromatic heterocycles. The van der Waals surface area contributed by atoms with Crippen LogP contribution < -0.4 is 0 Å². The lowest BCUT2D eigenvalue weighted by Gasteiger charge is -2.28. The van der Waals surface area contributed by atoms with Gasteiger partial charge in [0.1, 0.15) is 11.9 Å². The molecule has 0 heterocycles. The number of ether oxygens (including phenoxy) is 2. The SMILES string of the molecule is CCCCCCCCCCCCCCCCCCOCC(CO)OC(=O)c1cc(C(C)(C)C)c(O)c(C(C)(C)C)c1. The maximum absolute atomic E-state index is 13.0. The highest BCUT2D eigenvalue weighted by Crippen LogP contribution is 2.40. The summed E-state index contributed by atoms with van der Waals surface area (Å²) >= 11 is 0. The Morgan fingerprint density at radius 1 is 0.707 bits per heavy atom. The Hall–Kier alpha value is -1.59. The summed E-state index contributed by atoms with van der Waals surface area (Å²) < 4.78 is 11.3. The smallest absolute Gasteiger partial charge is 0.338 e. The Balaban J connectivity index is 2.24. The Kier molecular flexibility index (Phi) is 18.6. The van der Waals surface area contributed by atoms with Crippen LogP contribution in [-0.2, 0) is 20.3 Å². The average molecular weight is 577 g/mol. The highest BCUT2D eigenvalue weighted by molar-refractivity contribution is 5.90. The van der Waals surface area contributed by atoms with Gasteiger partial charge in [-0.2, -0.15) is 0 Å². The van der Waals surface area contributed by atoms with Crippen molar-refractivity contribution in [3.8, 4) is 5.75 Å². The molecule has 0 spiro atoms. The lowest BCUT2D eigenvalue weighted by atomic mass is 9.78. The summed E-state index contributed by atoms with van der Waals surface area (Å²) in [6, 6.07) is 3.41. The van der Waals surface area contributed by atoms with E-state index in [4.69, 9.17) is 9.47 Å². The van der Waals surface area contributed by atoms with Gasteiger partial charge in [0.05, 0.1) is 18.8 Å². The highest BCUT2D eigenvalue weighted by Gasteiger charge is 2.28. The van der Waals surface area contributed by atoms with E-state index in [0.717, 1.165) is 12.8 Å². The summed E-state index contributed by atoms with van der Waals surface area (Å²) in [7, 11) is 0. The number of phenolic OH excluding ortho intramolecular Hbond substituents is 1. The van der Waals surface area contributed by atoms with Crippen LogP contribution in [0.4, 0.5) is 0 Å². The van der Waals surface area contributed by atoms with Crippen molar-refractivity contribution in [3.63, 3.8) is 0 Å². The molecular weight excluding hydrogens is 512 g/mol. The summed E-state index contributed by atoms with van der Waals surface area (Å²) in [6.07, 6.45) is 20.6. The fraction of sp³-hybridized carbons (Fsp3) is 0.806. The highest BCUT2D eigenvalue weighted by atomic mass is 16.6. The molecule has 41 heavy (non-hydrogen) atoms. The number of esters is 1. The Labute approximate surface area is 252 Å². The van der Waals surface area contributed by atoms with Crippen LogP contribution in [0.25, 0.3) is 0 Å². The molecule has 2 N–H and O–H groups in total. The van der Waals surface area contributed by atoms with Crippen LogP contribution in [0.15, 0.2) is 12.1 Å². The van der Waals surface area contributed by atoms with Crippen LogP contribution in [0.2, 0.25) is 0 Å². The number of carbonyl (C=O) groups is 1. The Morgan fingerprint density at radius 3 is 1.46 bits per heavy atom. The van der Waals surface area contributed by atoms with E-state index in [-0.39, 0.29) is 29.8 Å². The largest absolute Gasteiger partial charge is 0.507 e. The molecular formula is C36H64O5. The van der Waals surface area contributed by atoms with Gasteiger partial charge in [0.25, 0.3) is 0 Å². The van der Waals surface area contributed by atoms with Crippen LogP contribution >= 0.6 is 0 Å². The zero-order chi connectivity index (χ0) is 30.7. The van der Waals surface area contributed by atoms with E-state index < -0.39 is 12.1 Å². The first kappa shape index (κ1) is 37.4. The van der Waals surface area contributed by atoms with Crippen molar-refractivity contribution in [1.29, 1.82) is 0 Å². The van der Waals surface area contributed by atoms with E-state index in [2.05, 4.69) is 6.92 Å². The molecule has 0 saturated carbocycles. The van der Waals surface area contributed by atoms with Gasteiger partial charge in [-0.3, -0.25) is 0 Å². The second-order valence-electron chi connectivity index (χ2n) is 14.0. The van der Waals surface area contributed by atoms with Crippen molar-refractivity contribution in [3.05, 3.63) is 28.8 Å². The van der Waals surface area contributed by atoms with E-state index in [9.17, 15) is 15.0 Å². The van der Waals surface area contributed by atoms with E-state index in [1.54, 1.807) is 12.1 Å². The number of benzene rings is 1. The number of carbonyl (C=O) groups excluding carboxylic acids is 1. The minimum Gasteiger partial charge on any atom is -0.507 e. The molecule has 1 aromatic carbocycles. The first-order valence-electron chi connectivity index (χ1n) is 16.7. The predicted molar refractivity (Wildman–Crippen MR) is 172 cm³/mol. The Morgan fingerprint density at radius 2 is 1.10 bits per heavy atom. The lowest BCUT2D eigenvalue weighted by Crippen LogP contribution is -2.28. The quantitative estimate of drug-likeness (QED) is 0.106. The standard InChI is InChI=1S/C36H64O5/c1-8-9-10-11-12-13-14-15-16-17-18-19-20-21-22-23-24-40-28-30(27-37)41-34(39)29-25-31(35(2,3)4)33(38)32(26-29)36(5,6)7/h25-26,30,37-38H,8-24,27-28H2,1-7H3. The Bertz CT molecular complexity index is 798. The fourth-order valence-electron chi connectivity index (χ4n) is 5.21. The van der Waals surface area contributed by atoms with Crippen molar-refractivity contribution in [1.82, 2.24) is 0 Å². The van der Waals surface area contributed by atoms with E-state index in [1.165, 1.54) is 89.9 Å². The molecule has 0 aliphatic rings. The third-order valence-electron chi connectivity index (χ3n) is 7.88. The molecule has 0 bridgehead atoms. The molecule has 1 unspecified atom stereocenters. The van der Waals surface area contributed by atoms with Gasteiger partial charge in [-0.25, -0.2) is 4.79 Å².